The highest BCUT2D eigenvalue weighted by molar-refractivity contribution is 6.00. The van der Waals surface area contributed by atoms with Crippen molar-refractivity contribution >= 4 is 23.1 Å². The Labute approximate surface area is 212 Å². The molecule has 10 heteroatoms. The lowest BCUT2D eigenvalue weighted by atomic mass is 9.80. The van der Waals surface area contributed by atoms with Gasteiger partial charge >= 0.3 is 6.18 Å². The smallest absolute Gasteiger partial charge is 0.418 e. The Hall–Kier alpha value is -3.92. The monoisotopic (exact) mass is 513 g/mol. The number of ether oxygens (including phenoxy) is 2. The maximum Gasteiger partial charge on any atom is 0.418 e. The second kappa shape index (κ2) is 11.0. The van der Waals surface area contributed by atoms with E-state index >= 15 is 0 Å². The number of ketones is 1. The van der Waals surface area contributed by atoms with Crippen LogP contribution >= 0.6 is 0 Å². The second-order valence-electron chi connectivity index (χ2n) is 8.84. The molecule has 194 valence electrons. The second-order valence-corrected chi connectivity index (χ2v) is 8.84. The third kappa shape index (κ3) is 6.26. The Kier molecular flexibility index (Phi) is 7.77. The first-order valence-corrected chi connectivity index (χ1v) is 11.6. The maximum absolute atomic E-state index is 13.2. The Bertz CT molecular complexity index is 1260. The molecule has 1 aromatic heterocycles. The minimum Gasteiger partial charge on any atom is -0.495 e. The zero-order valence-corrected chi connectivity index (χ0v) is 20.1. The highest BCUT2D eigenvalue weighted by atomic mass is 19.4. The van der Waals surface area contributed by atoms with Gasteiger partial charge in [-0.1, -0.05) is 24.3 Å². The van der Waals surface area contributed by atoms with Crippen LogP contribution in [0.15, 0.2) is 67.0 Å². The van der Waals surface area contributed by atoms with Crippen LogP contribution in [0, 0.1) is 5.41 Å². The van der Waals surface area contributed by atoms with E-state index in [9.17, 15) is 22.8 Å². The molecule has 7 nitrogen and oxygen atoms in total. The molecular weight excluding hydrogens is 487 g/mol. The summed E-state index contributed by atoms with van der Waals surface area (Å²) < 4.78 is 50.3. The van der Waals surface area contributed by atoms with Crippen molar-refractivity contribution in [2.45, 2.75) is 25.6 Å². The van der Waals surface area contributed by atoms with Crippen LogP contribution in [0.2, 0.25) is 0 Å². The zero-order valence-electron chi connectivity index (χ0n) is 20.1. The van der Waals surface area contributed by atoms with E-state index in [1.165, 1.54) is 37.7 Å². The van der Waals surface area contributed by atoms with E-state index in [1.54, 1.807) is 30.3 Å². The Morgan fingerprint density at radius 2 is 1.86 bits per heavy atom. The van der Waals surface area contributed by atoms with Crippen molar-refractivity contribution in [2.75, 3.05) is 25.6 Å². The number of pyridine rings is 1. The lowest BCUT2D eigenvalue weighted by Crippen LogP contribution is -2.42. The summed E-state index contributed by atoms with van der Waals surface area (Å²) in [6.45, 7) is 0.690. The zero-order chi connectivity index (χ0) is 26.5. The normalized spacial score (nSPS) is 17.3. The molecule has 0 unspecified atom stereocenters. The summed E-state index contributed by atoms with van der Waals surface area (Å²) in [5.74, 6) is -0.0796. The number of hydrogen-bond donors (Lipinski definition) is 2. The molecule has 1 saturated heterocycles. The Morgan fingerprint density at radius 1 is 1.11 bits per heavy atom. The van der Waals surface area contributed by atoms with Gasteiger partial charge in [0, 0.05) is 37.0 Å². The van der Waals surface area contributed by atoms with Gasteiger partial charge in [-0.05, 0) is 42.3 Å². The fraction of sp³-hybridized carbons (Fsp3) is 0.296. The van der Waals surface area contributed by atoms with Gasteiger partial charge in [0.05, 0.1) is 36.6 Å². The van der Waals surface area contributed by atoms with Crippen LogP contribution in [0.25, 0.3) is 0 Å². The molecule has 0 bridgehead atoms. The number of amides is 1. The molecule has 1 amide bonds. The fourth-order valence-electron chi connectivity index (χ4n) is 4.17. The van der Waals surface area contributed by atoms with Crippen molar-refractivity contribution in [2.24, 2.45) is 5.41 Å². The van der Waals surface area contributed by atoms with Gasteiger partial charge in [0.15, 0.2) is 5.78 Å². The van der Waals surface area contributed by atoms with E-state index in [0.29, 0.717) is 30.0 Å². The standard InChI is InChI=1S/C27H26F3N3O4/c1-36-21-12-19(15-31-16-21)24(34)13-26(10-11-37-17-26)25(35)32-14-18-6-8-20(9-7-18)33-23-5-3-2-4-22(23)27(28,29)30/h2-9,12,15-16,33H,10-11,13-14,17H2,1H3,(H,32,35)/t26-/m0/s1. The average molecular weight is 514 g/mol. The van der Waals surface area contributed by atoms with Crippen LogP contribution in [-0.4, -0.2) is 37.0 Å². The van der Waals surface area contributed by atoms with Crippen LogP contribution in [0.1, 0.15) is 34.3 Å². The molecule has 0 saturated carbocycles. The van der Waals surface area contributed by atoms with Gasteiger partial charge in [-0.15, -0.1) is 0 Å². The van der Waals surface area contributed by atoms with Crippen LogP contribution < -0.4 is 15.4 Å². The van der Waals surface area contributed by atoms with Crippen LogP contribution in [-0.2, 0) is 22.3 Å². The molecule has 2 N–H and O–H groups in total. The molecule has 0 spiro atoms. The predicted octanol–water partition coefficient (Wildman–Crippen LogP) is 5.15. The molecule has 37 heavy (non-hydrogen) atoms. The van der Waals surface area contributed by atoms with Crippen molar-refractivity contribution in [1.82, 2.24) is 10.3 Å². The topological polar surface area (TPSA) is 89.5 Å². The Balaban J connectivity index is 1.39. The van der Waals surface area contributed by atoms with Crippen molar-refractivity contribution in [1.29, 1.82) is 0 Å². The minimum atomic E-state index is -4.47. The number of halogens is 3. The summed E-state index contributed by atoms with van der Waals surface area (Å²) in [5, 5.41) is 5.67. The van der Waals surface area contributed by atoms with Gasteiger partial charge in [0.1, 0.15) is 5.75 Å². The van der Waals surface area contributed by atoms with Crippen LogP contribution in [0.4, 0.5) is 24.5 Å². The molecule has 2 heterocycles. The first-order valence-electron chi connectivity index (χ1n) is 11.6. The molecule has 2 aromatic carbocycles. The highest BCUT2D eigenvalue weighted by Crippen LogP contribution is 2.36. The summed E-state index contributed by atoms with van der Waals surface area (Å²) in [7, 11) is 1.48. The number of methoxy groups -OCH3 is 1. The summed E-state index contributed by atoms with van der Waals surface area (Å²) in [5.41, 5.74) is -0.216. The highest BCUT2D eigenvalue weighted by Gasteiger charge is 2.44. The number of nitrogens with one attached hydrogen (secondary N) is 2. The van der Waals surface area contributed by atoms with E-state index in [4.69, 9.17) is 9.47 Å². The fourth-order valence-corrected chi connectivity index (χ4v) is 4.17. The molecule has 0 radical (unpaired) electrons. The number of nitrogens with zero attached hydrogens (tertiary/aromatic N) is 1. The molecule has 1 fully saturated rings. The lowest BCUT2D eigenvalue weighted by molar-refractivity contribution is -0.137. The van der Waals surface area contributed by atoms with E-state index < -0.39 is 17.2 Å². The third-order valence-electron chi connectivity index (χ3n) is 6.27. The van der Waals surface area contributed by atoms with Gasteiger partial charge in [-0.25, -0.2) is 0 Å². The number of anilines is 2. The first kappa shape index (κ1) is 26.2. The number of aromatic nitrogens is 1. The number of alkyl halides is 3. The predicted molar refractivity (Wildman–Crippen MR) is 131 cm³/mol. The van der Waals surface area contributed by atoms with E-state index in [1.807, 2.05) is 0 Å². The van der Waals surface area contributed by atoms with Crippen LogP contribution in [0.3, 0.4) is 0 Å². The quantitative estimate of drug-likeness (QED) is 0.385. The molecule has 1 atom stereocenters. The molecule has 3 aromatic rings. The summed E-state index contributed by atoms with van der Waals surface area (Å²) >= 11 is 0. The number of Topliss-reactive ketones (excluding diaryl/α,β-unsaturated/α-hetero) is 1. The number of hydrogen-bond acceptors (Lipinski definition) is 6. The number of carbonyl (C=O) groups excluding carboxylic acids is 2. The number of para-hydroxylation sites is 1. The van der Waals surface area contributed by atoms with E-state index in [2.05, 4.69) is 15.6 Å². The molecular formula is C27H26F3N3O4. The minimum absolute atomic E-state index is 0.0326. The molecule has 0 aliphatic carbocycles. The van der Waals surface area contributed by atoms with Gasteiger partial charge in [-0.3, -0.25) is 14.6 Å². The number of rotatable bonds is 9. The van der Waals surface area contributed by atoms with Crippen molar-refractivity contribution in [3.8, 4) is 5.75 Å². The van der Waals surface area contributed by atoms with Gasteiger partial charge in [0.25, 0.3) is 0 Å². The maximum atomic E-state index is 13.2. The largest absolute Gasteiger partial charge is 0.495 e. The first-order chi connectivity index (χ1) is 17.7. The lowest BCUT2D eigenvalue weighted by Gasteiger charge is -2.25. The SMILES string of the molecule is COc1cncc(C(=O)C[C@@]2(C(=O)NCc3ccc(Nc4ccccc4C(F)(F)F)cc3)CCOC2)c1. The molecule has 1 aliphatic rings. The number of carbonyl (C=O) groups is 2. The van der Waals surface area contributed by atoms with Crippen molar-refractivity contribution in [3.63, 3.8) is 0 Å². The average Bonchev–Trinajstić information content (AvgIpc) is 3.37. The van der Waals surface area contributed by atoms with Gasteiger partial charge < -0.3 is 20.1 Å². The van der Waals surface area contributed by atoms with Crippen molar-refractivity contribution in [3.05, 3.63) is 83.7 Å². The Morgan fingerprint density at radius 3 is 2.54 bits per heavy atom. The van der Waals surface area contributed by atoms with Crippen LogP contribution in [0.5, 0.6) is 5.75 Å². The van der Waals surface area contributed by atoms with E-state index in [-0.39, 0.29) is 37.0 Å². The molecule has 1 aliphatic heterocycles. The summed E-state index contributed by atoms with van der Waals surface area (Å²) in [6.07, 6.45) is -1.17. The summed E-state index contributed by atoms with van der Waals surface area (Å²) in [6, 6.07) is 13.5. The van der Waals surface area contributed by atoms with E-state index in [0.717, 1.165) is 11.6 Å². The van der Waals surface area contributed by atoms with Gasteiger partial charge in [-0.2, -0.15) is 13.2 Å². The number of benzene rings is 2. The van der Waals surface area contributed by atoms with Crippen molar-refractivity contribution < 1.29 is 32.2 Å². The van der Waals surface area contributed by atoms with Gasteiger partial charge in [0.2, 0.25) is 5.91 Å². The summed E-state index contributed by atoms with van der Waals surface area (Å²) in [4.78, 5) is 30.1. The third-order valence-corrected chi connectivity index (χ3v) is 6.27. The molecule has 4 rings (SSSR count).